The summed E-state index contributed by atoms with van der Waals surface area (Å²) >= 11 is 0. The SMILES string of the molecule is c1ccc(-c2cc(-c3ccccc3)cc(-n3c4cnccc4c4c3ccc3c5ccccc5n(-c5ccccc5)c34)c2)cc1. The largest absolute Gasteiger partial charge is 0.309 e. The summed E-state index contributed by atoms with van der Waals surface area (Å²) in [5, 5.41) is 4.91. The highest BCUT2D eigenvalue weighted by atomic mass is 15.0. The molecule has 0 atom stereocenters. The second-order valence-electron chi connectivity index (χ2n) is 11.3. The van der Waals surface area contributed by atoms with Crippen molar-refractivity contribution in [2.45, 2.75) is 0 Å². The fraction of sp³-hybridized carbons (Fsp3) is 0. The first-order chi connectivity index (χ1) is 21.8. The van der Waals surface area contributed by atoms with Gasteiger partial charge in [-0.1, -0.05) is 103 Å². The fourth-order valence-corrected chi connectivity index (χ4v) is 6.86. The van der Waals surface area contributed by atoms with Crippen LogP contribution >= 0.6 is 0 Å². The summed E-state index contributed by atoms with van der Waals surface area (Å²) < 4.78 is 4.82. The molecule has 0 N–H and O–H groups in total. The zero-order valence-corrected chi connectivity index (χ0v) is 23.9. The summed E-state index contributed by atoms with van der Waals surface area (Å²) in [6, 6.07) is 54.4. The number of nitrogens with zero attached hydrogens (tertiary/aromatic N) is 3. The standard InChI is InChI=1S/C41H27N3/c1-4-12-28(13-5-1)30-24-31(29-14-6-2-7-15-29)26-33(25-30)43-38-21-20-35-34-18-10-11-19-37(34)44(32-16-8-3-9-17-32)41(35)40(38)36-22-23-42-27-39(36)43/h1-27H. The van der Waals surface area contributed by atoms with Crippen molar-refractivity contribution in [3.8, 4) is 33.6 Å². The van der Waals surface area contributed by atoms with Gasteiger partial charge in [0.05, 0.1) is 28.3 Å². The third kappa shape index (κ3) is 3.73. The first-order valence-corrected chi connectivity index (χ1v) is 15.0. The maximum Gasteiger partial charge on any atom is 0.0725 e. The third-order valence-electron chi connectivity index (χ3n) is 8.77. The van der Waals surface area contributed by atoms with Crippen molar-refractivity contribution in [3.63, 3.8) is 0 Å². The molecule has 3 heterocycles. The van der Waals surface area contributed by atoms with Gasteiger partial charge in [-0.3, -0.25) is 4.98 Å². The smallest absolute Gasteiger partial charge is 0.0725 e. The summed E-state index contributed by atoms with van der Waals surface area (Å²) in [5.74, 6) is 0. The molecule has 3 nitrogen and oxygen atoms in total. The van der Waals surface area contributed by atoms with E-state index in [1.165, 1.54) is 54.8 Å². The van der Waals surface area contributed by atoms with Crippen LogP contribution in [-0.4, -0.2) is 14.1 Å². The number of para-hydroxylation sites is 2. The van der Waals surface area contributed by atoms with E-state index < -0.39 is 0 Å². The zero-order valence-electron chi connectivity index (χ0n) is 23.9. The third-order valence-corrected chi connectivity index (χ3v) is 8.77. The molecule has 3 aromatic heterocycles. The monoisotopic (exact) mass is 561 g/mol. The molecule has 0 amide bonds. The average Bonchev–Trinajstić information content (AvgIpc) is 3.62. The van der Waals surface area contributed by atoms with E-state index >= 15 is 0 Å². The highest BCUT2D eigenvalue weighted by Crippen LogP contribution is 2.42. The van der Waals surface area contributed by atoms with Gasteiger partial charge in [0.1, 0.15) is 0 Å². The highest BCUT2D eigenvalue weighted by molar-refractivity contribution is 6.26. The molecule has 0 fully saturated rings. The first-order valence-electron chi connectivity index (χ1n) is 15.0. The Morgan fingerprint density at radius 2 is 1.02 bits per heavy atom. The summed E-state index contributed by atoms with van der Waals surface area (Å²) in [6.45, 7) is 0. The van der Waals surface area contributed by atoms with Crippen LogP contribution < -0.4 is 0 Å². The molecule has 3 heteroatoms. The van der Waals surface area contributed by atoms with Crippen LogP contribution in [0.4, 0.5) is 0 Å². The Kier molecular flexibility index (Phi) is 5.50. The summed E-state index contributed by atoms with van der Waals surface area (Å²) in [7, 11) is 0. The molecule has 9 rings (SSSR count). The Hall–Kier alpha value is -5.93. The van der Waals surface area contributed by atoms with Crippen LogP contribution in [0.1, 0.15) is 0 Å². The number of aromatic nitrogens is 3. The predicted octanol–water partition coefficient (Wildman–Crippen LogP) is 10.6. The summed E-state index contributed by atoms with van der Waals surface area (Å²) in [5.41, 5.74) is 11.7. The van der Waals surface area contributed by atoms with Crippen molar-refractivity contribution in [3.05, 3.63) is 164 Å². The Morgan fingerprint density at radius 3 is 1.73 bits per heavy atom. The van der Waals surface area contributed by atoms with Crippen LogP contribution in [0.5, 0.6) is 0 Å². The molecule has 206 valence electrons. The molecule has 0 aliphatic carbocycles. The Morgan fingerprint density at radius 1 is 0.386 bits per heavy atom. The zero-order chi connectivity index (χ0) is 29.0. The lowest BCUT2D eigenvalue weighted by Crippen LogP contribution is -1.97. The Labute approximate surface area is 254 Å². The minimum Gasteiger partial charge on any atom is -0.309 e. The van der Waals surface area contributed by atoms with Crippen LogP contribution in [0, 0.1) is 0 Å². The van der Waals surface area contributed by atoms with Crippen LogP contribution in [0.15, 0.2) is 164 Å². The van der Waals surface area contributed by atoms with Gasteiger partial charge in [-0.15, -0.1) is 0 Å². The van der Waals surface area contributed by atoms with Gasteiger partial charge in [-0.05, 0) is 70.8 Å². The molecule has 0 spiro atoms. The minimum atomic E-state index is 1.09. The molecule has 0 saturated heterocycles. The average molecular weight is 562 g/mol. The van der Waals surface area contributed by atoms with Gasteiger partial charge in [0.2, 0.25) is 0 Å². The number of rotatable bonds is 4. The van der Waals surface area contributed by atoms with E-state index in [0.717, 1.165) is 22.4 Å². The second-order valence-corrected chi connectivity index (χ2v) is 11.3. The van der Waals surface area contributed by atoms with Crippen molar-refractivity contribution in [2.24, 2.45) is 0 Å². The summed E-state index contributed by atoms with van der Waals surface area (Å²) in [4.78, 5) is 4.63. The molecule has 9 aromatic rings. The molecule has 0 aliphatic rings. The molecule has 44 heavy (non-hydrogen) atoms. The molecule has 0 radical (unpaired) electrons. The summed E-state index contributed by atoms with van der Waals surface area (Å²) in [6.07, 6.45) is 3.92. The van der Waals surface area contributed by atoms with Gasteiger partial charge in [0, 0.05) is 39.1 Å². The van der Waals surface area contributed by atoms with Crippen molar-refractivity contribution < 1.29 is 0 Å². The fourth-order valence-electron chi connectivity index (χ4n) is 6.86. The lowest BCUT2D eigenvalue weighted by Gasteiger charge is -2.14. The van der Waals surface area contributed by atoms with E-state index in [1.54, 1.807) is 0 Å². The van der Waals surface area contributed by atoms with Gasteiger partial charge in [0.15, 0.2) is 0 Å². The normalized spacial score (nSPS) is 11.6. The van der Waals surface area contributed by atoms with Crippen molar-refractivity contribution >= 4 is 43.6 Å². The quantitative estimate of drug-likeness (QED) is 0.210. The maximum absolute atomic E-state index is 4.63. The van der Waals surface area contributed by atoms with Gasteiger partial charge >= 0.3 is 0 Å². The van der Waals surface area contributed by atoms with Crippen molar-refractivity contribution in [1.29, 1.82) is 0 Å². The van der Waals surface area contributed by atoms with Gasteiger partial charge in [-0.2, -0.15) is 0 Å². The maximum atomic E-state index is 4.63. The number of pyridine rings is 1. The van der Waals surface area contributed by atoms with E-state index in [0.29, 0.717) is 0 Å². The molecule has 6 aromatic carbocycles. The lowest BCUT2D eigenvalue weighted by atomic mass is 9.98. The number of hydrogen-bond donors (Lipinski definition) is 0. The molecule has 0 bridgehead atoms. The van der Waals surface area contributed by atoms with Crippen LogP contribution in [0.25, 0.3) is 77.2 Å². The van der Waals surface area contributed by atoms with E-state index in [1.807, 2.05) is 12.4 Å². The van der Waals surface area contributed by atoms with Crippen LogP contribution in [0.2, 0.25) is 0 Å². The van der Waals surface area contributed by atoms with Crippen LogP contribution in [0.3, 0.4) is 0 Å². The predicted molar refractivity (Wildman–Crippen MR) is 184 cm³/mol. The second kappa shape index (κ2) is 9.82. The Balaban J connectivity index is 1.43. The van der Waals surface area contributed by atoms with Crippen molar-refractivity contribution in [2.75, 3.05) is 0 Å². The van der Waals surface area contributed by atoms with Crippen LogP contribution in [-0.2, 0) is 0 Å². The molecule has 0 saturated carbocycles. The number of fused-ring (bicyclic) bond motifs is 7. The highest BCUT2D eigenvalue weighted by Gasteiger charge is 2.21. The molecule has 0 unspecified atom stereocenters. The van der Waals surface area contributed by atoms with E-state index in [9.17, 15) is 0 Å². The Bertz CT molecular complexity index is 2410. The number of benzene rings is 6. The van der Waals surface area contributed by atoms with E-state index in [-0.39, 0.29) is 0 Å². The van der Waals surface area contributed by atoms with E-state index in [2.05, 4.69) is 166 Å². The van der Waals surface area contributed by atoms with Gasteiger partial charge in [0.25, 0.3) is 0 Å². The first kappa shape index (κ1) is 24.6. The van der Waals surface area contributed by atoms with Crippen molar-refractivity contribution in [1.82, 2.24) is 14.1 Å². The minimum absolute atomic E-state index is 1.09. The molecular weight excluding hydrogens is 534 g/mol. The van der Waals surface area contributed by atoms with E-state index in [4.69, 9.17) is 0 Å². The number of hydrogen-bond acceptors (Lipinski definition) is 1. The van der Waals surface area contributed by atoms with Gasteiger partial charge in [-0.25, -0.2) is 0 Å². The lowest BCUT2D eigenvalue weighted by molar-refractivity contribution is 1.16. The topological polar surface area (TPSA) is 22.8 Å². The molecule has 0 aliphatic heterocycles. The molecular formula is C41H27N3. The van der Waals surface area contributed by atoms with Gasteiger partial charge < -0.3 is 9.13 Å².